The van der Waals surface area contributed by atoms with Crippen LogP contribution in [0.2, 0.25) is 5.02 Å². The van der Waals surface area contributed by atoms with Crippen molar-refractivity contribution in [2.75, 3.05) is 39.3 Å². The van der Waals surface area contributed by atoms with Gasteiger partial charge in [-0.15, -0.1) is 0 Å². The van der Waals surface area contributed by atoms with E-state index in [2.05, 4.69) is 16.3 Å². The van der Waals surface area contributed by atoms with Gasteiger partial charge < -0.3 is 15.0 Å². The van der Waals surface area contributed by atoms with E-state index in [9.17, 15) is 9.59 Å². The van der Waals surface area contributed by atoms with Crippen LogP contribution in [0.3, 0.4) is 0 Å². The average Bonchev–Trinajstić information content (AvgIpc) is 3.24. The molecule has 0 spiro atoms. The third-order valence-electron chi connectivity index (χ3n) is 5.71. The minimum Gasteiger partial charge on any atom is -0.450 e. The lowest BCUT2D eigenvalue weighted by atomic mass is 9.96. The smallest absolute Gasteiger partial charge is 0.409 e. The van der Waals surface area contributed by atoms with Gasteiger partial charge in [-0.25, -0.2) is 4.79 Å². The van der Waals surface area contributed by atoms with Gasteiger partial charge in [-0.2, -0.15) is 0 Å². The third kappa shape index (κ3) is 5.17. The molecule has 7 heteroatoms. The quantitative estimate of drug-likeness (QED) is 0.784. The fraction of sp³-hybridized carbons (Fsp3) is 0.619. The zero-order chi connectivity index (χ0) is 19.9. The number of carbonyl (C=O) groups excluding carboxylic acids is 2. The van der Waals surface area contributed by atoms with E-state index in [1.54, 1.807) is 11.8 Å². The number of halogens is 1. The molecular weight excluding hydrogens is 378 g/mol. The van der Waals surface area contributed by atoms with Crippen LogP contribution in [0.15, 0.2) is 24.3 Å². The van der Waals surface area contributed by atoms with Crippen molar-refractivity contribution in [1.82, 2.24) is 15.1 Å². The van der Waals surface area contributed by atoms with E-state index >= 15 is 0 Å². The molecule has 3 rings (SSSR count). The largest absolute Gasteiger partial charge is 0.450 e. The molecule has 2 saturated heterocycles. The van der Waals surface area contributed by atoms with Crippen LogP contribution < -0.4 is 5.32 Å². The van der Waals surface area contributed by atoms with Crippen molar-refractivity contribution in [3.63, 3.8) is 0 Å². The molecule has 2 aliphatic rings. The number of carbonyl (C=O) groups is 2. The summed E-state index contributed by atoms with van der Waals surface area (Å²) in [6.07, 6.45) is 3.42. The molecule has 28 heavy (non-hydrogen) atoms. The summed E-state index contributed by atoms with van der Waals surface area (Å²) in [5.74, 6) is 0.0101. The Balaban J connectivity index is 1.56. The van der Waals surface area contributed by atoms with Gasteiger partial charge in [0.2, 0.25) is 5.91 Å². The first-order chi connectivity index (χ1) is 13.6. The molecule has 2 heterocycles. The number of nitrogens with one attached hydrogen (secondary N) is 1. The Morgan fingerprint density at radius 2 is 1.86 bits per heavy atom. The molecule has 154 valence electrons. The van der Waals surface area contributed by atoms with Gasteiger partial charge in [0.15, 0.2) is 0 Å². The van der Waals surface area contributed by atoms with Gasteiger partial charge in [0.25, 0.3) is 0 Å². The SMILES string of the molecule is CCOC(=O)N1CCC(C(=O)NCC(c2ccccc2Cl)N2CCCC2)CC1. The molecule has 0 bridgehead atoms. The van der Waals surface area contributed by atoms with Crippen LogP contribution in [-0.2, 0) is 9.53 Å². The van der Waals surface area contributed by atoms with Crippen molar-refractivity contribution in [2.24, 2.45) is 5.92 Å². The standard InChI is InChI=1S/C21H30ClN3O3/c1-2-28-21(27)25-13-9-16(10-14-25)20(26)23-15-19(24-11-5-6-12-24)17-7-3-4-8-18(17)22/h3-4,7-8,16,19H,2,5-6,9-15H2,1H3,(H,23,26). The fourth-order valence-corrected chi connectivity index (χ4v) is 4.38. The number of amides is 2. The Morgan fingerprint density at radius 3 is 2.50 bits per heavy atom. The van der Waals surface area contributed by atoms with Crippen LogP contribution >= 0.6 is 11.6 Å². The van der Waals surface area contributed by atoms with Crippen LogP contribution in [0.5, 0.6) is 0 Å². The maximum absolute atomic E-state index is 12.7. The van der Waals surface area contributed by atoms with Crippen molar-refractivity contribution in [2.45, 2.75) is 38.6 Å². The highest BCUT2D eigenvalue weighted by atomic mass is 35.5. The predicted molar refractivity (Wildman–Crippen MR) is 109 cm³/mol. The van der Waals surface area contributed by atoms with E-state index in [0.29, 0.717) is 39.1 Å². The van der Waals surface area contributed by atoms with Crippen LogP contribution in [0.25, 0.3) is 0 Å². The van der Waals surface area contributed by atoms with Gasteiger partial charge >= 0.3 is 6.09 Å². The second-order valence-electron chi connectivity index (χ2n) is 7.49. The van der Waals surface area contributed by atoms with Crippen LogP contribution in [0, 0.1) is 5.92 Å². The minimum absolute atomic E-state index is 0.0591. The van der Waals surface area contributed by atoms with E-state index in [4.69, 9.17) is 16.3 Å². The molecule has 0 radical (unpaired) electrons. The van der Waals surface area contributed by atoms with Gasteiger partial charge in [0, 0.05) is 30.6 Å². The molecule has 1 aromatic carbocycles. The van der Waals surface area contributed by atoms with Crippen molar-refractivity contribution in [1.29, 1.82) is 0 Å². The summed E-state index contributed by atoms with van der Waals surface area (Å²) < 4.78 is 5.04. The first-order valence-corrected chi connectivity index (χ1v) is 10.7. The first kappa shape index (κ1) is 20.9. The Kier molecular flexibility index (Phi) is 7.57. The average molecular weight is 408 g/mol. The summed E-state index contributed by atoms with van der Waals surface area (Å²) in [5.41, 5.74) is 1.07. The number of piperidine rings is 1. The summed E-state index contributed by atoms with van der Waals surface area (Å²) in [6.45, 7) is 5.93. The second kappa shape index (κ2) is 10.1. The molecule has 0 saturated carbocycles. The zero-order valence-corrected chi connectivity index (χ0v) is 17.3. The Morgan fingerprint density at radius 1 is 1.18 bits per heavy atom. The van der Waals surface area contributed by atoms with Crippen molar-refractivity contribution >= 4 is 23.6 Å². The van der Waals surface area contributed by atoms with Gasteiger partial charge in [-0.05, 0) is 57.3 Å². The van der Waals surface area contributed by atoms with E-state index in [1.165, 1.54) is 12.8 Å². The molecule has 1 aromatic rings. The highest BCUT2D eigenvalue weighted by molar-refractivity contribution is 6.31. The maximum atomic E-state index is 12.7. The maximum Gasteiger partial charge on any atom is 0.409 e. The summed E-state index contributed by atoms with van der Waals surface area (Å²) in [5, 5.41) is 3.90. The molecule has 1 N–H and O–H groups in total. The third-order valence-corrected chi connectivity index (χ3v) is 6.05. The Hall–Kier alpha value is -1.79. The van der Waals surface area contributed by atoms with Crippen molar-refractivity contribution < 1.29 is 14.3 Å². The predicted octanol–water partition coefficient (Wildman–Crippen LogP) is 3.46. The van der Waals surface area contributed by atoms with Crippen LogP contribution in [0.4, 0.5) is 4.79 Å². The second-order valence-corrected chi connectivity index (χ2v) is 7.89. The monoisotopic (exact) mass is 407 g/mol. The molecule has 1 unspecified atom stereocenters. The Bertz CT molecular complexity index is 671. The van der Waals surface area contributed by atoms with Crippen molar-refractivity contribution in [3.8, 4) is 0 Å². The molecule has 0 aromatic heterocycles. The molecule has 6 nitrogen and oxygen atoms in total. The van der Waals surface area contributed by atoms with Gasteiger partial charge in [0.05, 0.1) is 12.6 Å². The number of rotatable bonds is 6. The van der Waals surface area contributed by atoms with E-state index in [-0.39, 0.29) is 24.0 Å². The minimum atomic E-state index is -0.283. The summed E-state index contributed by atoms with van der Waals surface area (Å²) in [4.78, 5) is 28.6. The molecular formula is C21H30ClN3O3. The van der Waals surface area contributed by atoms with Crippen LogP contribution in [0.1, 0.15) is 44.2 Å². The fourth-order valence-electron chi connectivity index (χ4n) is 4.11. The van der Waals surface area contributed by atoms with Gasteiger partial charge in [-0.1, -0.05) is 29.8 Å². The number of likely N-dealkylation sites (tertiary alicyclic amines) is 2. The zero-order valence-electron chi connectivity index (χ0n) is 16.5. The number of hydrogen-bond donors (Lipinski definition) is 1. The molecule has 2 fully saturated rings. The first-order valence-electron chi connectivity index (χ1n) is 10.3. The summed E-state index contributed by atoms with van der Waals surface area (Å²) in [7, 11) is 0. The Labute approximate surface area is 172 Å². The topological polar surface area (TPSA) is 61.9 Å². The lowest BCUT2D eigenvalue weighted by Crippen LogP contribution is -2.45. The summed E-state index contributed by atoms with van der Waals surface area (Å²) in [6, 6.07) is 7.99. The highest BCUT2D eigenvalue weighted by Gasteiger charge is 2.30. The van der Waals surface area contributed by atoms with Crippen molar-refractivity contribution in [3.05, 3.63) is 34.9 Å². The number of hydrogen-bond acceptors (Lipinski definition) is 4. The number of benzene rings is 1. The number of nitrogens with zero attached hydrogens (tertiary/aromatic N) is 2. The van der Waals surface area contributed by atoms with Crippen LogP contribution in [-0.4, -0.2) is 61.1 Å². The lowest BCUT2D eigenvalue weighted by molar-refractivity contribution is -0.126. The van der Waals surface area contributed by atoms with E-state index < -0.39 is 0 Å². The molecule has 0 aliphatic carbocycles. The normalized spacial score (nSPS) is 19.4. The van der Waals surface area contributed by atoms with E-state index in [1.807, 2.05) is 18.2 Å². The van der Waals surface area contributed by atoms with Gasteiger partial charge in [-0.3, -0.25) is 9.69 Å². The molecule has 2 amide bonds. The lowest BCUT2D eigenvalue weighted by Gasteiger charge is -2.32. The molecule has 2 aliphatic heterocycles. The molecule has 1 atom stereocenters. The number of ether oxygens (including phenoxy) is 1. The summed E-state index contributed by atoms with van der Waals surface area (Å²) >= 11 is 6.44. The van der Waals surface area contributed by atoms with E-state index in [0.717, 1.165) is 23.7 Å². The van der Waals surface area contributed by atoms with Gasteiger partial charge in [0.1, 0.15) is 0 Å². The highest BCUT2D eigenvalue weighted by Crippen LogP contribution is 2.30.